The van der Waals surface area contributed by atoms with Gasteiger partial charge in [0.15, 0.2) is 0 Å². The van der Waals surface area contributed by atoms with Crippen molar-refractivity contribution in [3.05, 3.63) is 29.3 Å². The van der Waals surface area contributed by atoms with Crippen LogP contribution in [0.25, 0.3) is 0 Å². The van der Waals surface area contributed by atoms with E-state index in [9.17, 15) is 9.59 Å². The number of carbonyl (C=O) groups is 2. The number of halogens is 1. The summed E-state index contributed by atoms with van der Waals surface area (Å²) < 4.78 is 0. The molecule has 120 valence electrons. The summed E-state index contributed by atoms with van der Waals surface area (Å²) in [5, 5.41) is 3.64. The van der Waals surface area contributed by atoms with Crippen LogP contribution in [0.1, 0.15) is 20.3 Å². The highest BCUT2D eigenvalue weighted by molar-refractivity contribution is 7.99. The Bertz CT molecular complexity index is 533. The van der Waals surface area contributed by atoms with Gasteiger partial charge in [0.2, 0.25) is 11.8 Å². The third-order valence-corrected chi connectivity index (χ3v) is 4.90. The summed E-state index contributed by atoms with van der Waals surface area (Å²) in [6.07, 6.45) is 0.328. The molecule has 1 aromatic rings. The summed E-state index contributed by atoms with van der Waals surface area (Å²) in [6.45, 7) is 5.08. The zero-order valence-corrected chi connectivity index (χ0v) is 14.4. The van der Waals surface area contributed by atoms with Crippen LogP contribution in [0.2, 0.25) is 5.02 Å². The number of amides is 2. The average molecular weight is 341 g/mol. The fourth-order valence-electron chi connectivity index (χ4n) is 2.42. The summed E-state index contributed by atoms with van der Waals surface area (Å²) in [7, 11) is 0. The molecular formula is C16H21ClN2O2S. The number of nitrogens with one attached hydrogen (secondary N) is 1. The van der Waals surface area contributed by atoms with Crippen molar-refractivity contribution in [3.63, 3.8) is 0 Å². The van der Waals surface area contributed by atoms with Gasteiger partial charge in [-0.3, -0.25) is 9.59 Å². The number of likely N-dealkylation sites (tertiary alicyclic amines) is 1. The minimum atomic E-state index is -0.213. The second-order valence-corrected chi connectivity index (χ2v) is 7.24. The predicted molar refractivity (Wildman–Crippen MR) is 90.1 cm³/mol. The number of benzene rings is 1. The lowest BCUT2D eigenvalue weighted by Gasteiger charge is -2.20. The third-order valence-electron chi connectivity index (χ3n) is 3.64. The van der Waals surface area contributed by atoms with Gasteiger partial charge < -0.3 is 10.2 Å². The molecule has 1 aromatic carbocycles. The second kappa shape index (κ2) is 7.88. The number of carbonyl (C=O) groups excluding carboxylic acids is 2. The fraction of sp³-hybridized carbons (Fsp3) is 0.500. The summed E-state index contributed by atoms with van der Waals surface area (Å²) in [6, 6.07) is 7.79. The highest BCUT2D eigenvalue weighted by Crippen LogP contribution is 2.21. The molecule has 1 heterocycles. The van der Waals surface area contributed by atoms with Crippen LogP contribution < -0.4 is 5.32 Å². The van der Waals surface area contributed by atoms with Crippen LogP contribution in [0.15, 0.2) is 29.2 Å². The maximum Gasteiger partial charge on any atom is 0.225 e. The fourth-order valence-corrected chi connectivity index (χ4v) is 3.32. The van der Waals surface area contributed by atoms with Crippen LogP contribution in [-0.2, 0) is 9.59 Å². The first-order valence-corrected chi connectivity index (χ1v) is 8.79. The third kappa shape index (κ3) is 4.65. The highest BCUT2D eigenvalue weighted by Gasteiger charge is 2.35. The molecule has 22 heavy (non-hydrogen) atoms. The molecule has 1 fully saturated rings. The van der Waals surface area contributed by atoms with Crippen molar-refractivity contribution in [2.75, 3.05) is 18.8 Å². The Kier molecular flexibility index (Phi) is 6.15. The maximum atomic E-state index is 12.1. The molecule has 0 radical (unpaired) electrons. The molecule has 1 saturated heterocycles. The van der Waals surface area contributed by atoms with Gasteiger partial charge in [0.1, 0.15) is 0 Å². The van der Waals surface area contributed by atoms with Crippen molar-refractivity contribution in [3.8, 4) is 0 Å². The minimum absolute atomic E-state index is 0.0202. The average Bonchev–Trinajstić information content (AvgIpc) is 2.87. The molecule has 2 amide bonds. The van der Waals surface area contributed by atoms with E-state index in [4.69, 9.17) is 11.6 Å². The van der Waals surface area contributed by atoms with Crippen molar-refractivity contribution in [2.24, 2.45) is 5.92 Å². The van der Waals surface area contributed by atoms with E-state index >= 15 is 0 Å². The van der Waals surface area contributed by atoms with Crippen molar-refractivity contribution >= 4 is 35.2 Å². The lowest BCUT2D eigenvalue weighted by molar-refractivity contribution is -0.129. The quantitative estimate of drug-likeness (QED) is 0.640. The zero-order valence-electron chi connectivity index (χ0n) is 12.8. The molecule has 1 aliphatic heterocycles. The smallest absolute Gasteiger partial charge is 0.225 e. The molecule has 0 bridgehead atoms. The van der Waals surface area contributed by atoms with E-state index in [1.807, 2.05) is 38.1 Å². The van der Waals surface area contributed by atoms with E-state index in [0.29, 0.717) is 19.5 Å². The Hall–Kier alpha value is -1.20. The van der Waals surface area contributed by atoms with Gasteiger partial charge in [-0.2, -0.15) is 0 Å². The largest absolute Gasteiger partial charge is 0.355 e. The van der Waals surface area contributed by atoms with Crippen molar-refractivity contribution in [1.82, 2.24) is 10.2 Å². The summed E-state index contributed by atoms with van der Waals surface area (Å²) in [4.78, 5) is 26.8. The number of hydrogen-bond donors (Lipinski definition) is 1. The van der Waals surface area contributed by atoms with E-state index in [1.54, 1.807) is 16.7 Å². The molecule has 1 atom stereocenters. The van der Waals surface area contributed by atoms with Gasteiger partial charge >= 0.3 is 0 Å². The van der Waals surface area contributed by atoms with Gasteiger partial charge in [-0.05, 0) is 38.1 Å². The minimum Gasteiger partial charge on any atom is -0.355 e. The predicted octanol–water partition coefficient (Wildman–Crippen LogP) is 2.81. The Morgan fingerprint density at radius 2 is 2.09 bits per heavy atom. The molecule has 0 aliphatic carbocycles. The van der Waals surface area contributed by atoms with Gasteiger partial charge in [0.05, 0.1) is 5.92 Å². The van der Waals surface area contributed by atoms with Crippen LogP contribution in [0.3, 0.4) is 0 Å². The van der Waals surface area contributed by atoms with Gasteiger partial charge in [0.25, 0.3) is 0 Å². The van der Waals surface area contributed by atoms with Gasteiger partial charge in [-0.15, -0.1) is 11.8 Å². The highest BCUT2D eigenvalue weighted by atomic mass is 35.5. The molecule has 0 aromatic heterocycles. The second-order valence-electron chi connectivity index (χ2n) is 5.63. The van der Waals surface area contributed by atoms with Crippen LogP contribution in [0, 0.1) is 5.92 Å². The summed E-state index contributed by atoms with van der Waals surface area (Å²) >= 11 is 7.50. The van der Waals surface area contributed by atoms with E-state index in [1.165, 1.54) is 0 Å². The van der Waals surface area contributed by atoms with Gasteiger partial charge in [-0.25, -0.2) is 0 Å². The van der Waals surface area contributed by atoms with Crippen molar-refractivity contribution in [1.29, 1.82) is 0 Å². The molecule has 0 unspecified atom stereocenters. The number of rotatable bonds is 6. The van der Waals surface area contributed by atoms with E-state index in [2.05, 4.69) is 5.32 Å². The van der Waals surface area contributed by atoms with Gasteiger partial charge in [-0.1, -0.05) is 11.6 Å². The van der Waals surface area contributed by atoms with E-state index < -0.39 is 0 Å². The zero-order chi connectivity index (χ0) is 16.1. The Morgan fingerprint density at radius 3 is 2.68 bits per heavy atom. The molecule has 4 nitrogen and oxygen atoms in total. The van der Waals surface area contributed by atoms with Crippen LogP contribution in [-0.4, -0.2) is 41.6 Å². The van der Waals surface area contributed by atoms with Crippen LogP contribution in [0.5, 0.6) is 0 Å². The number of nitrogens with zero attached hydrogens (tertiary/aromatic N) is 1. The van der Waals surface area contributed by atoms with Crippen molar-refractivity contribution in [2.45, 2.75) is 31.2 Å². The maximum absolute atomic E-state index is 12.1. The standard InChI is InChI=1S/C16H21ClN2O2S/c1-11(2)19-10-12(9-15(19)20)16(21)18-7-8-22-14-5-3-13(17)4-6-14/h3-6,11-12H,7-10H2,1-2H3,(H,18,21)/t12-/m1/s1. The Labute approximate surface area is 140 Å². The number of thioether (sulfide) groups is 1. The SMILES string of the molecule is CC(C)N1C[C@H](C(=O)NCCSc2ccc(Cl)cc2)CC1=O. The first-order chi connectivity index (χ1) is 10.5. The first-order valence-electron chi connectivity index (χ1n) is 7.43. The molecule has 2 rings (SSSR count). The molecule has 1 aliphatic rings. The van der Waals surface area contributed by atoms with Crippen LogP contribution >= 0.6 is 23.4 Å². The topological polar surface area (TPSA) is 49.4 Å². The van der Waals surface area contributed by atoms with Gasteiger partial charge in [0, 0.05) is 41.2 Å². The monoisotopic (exact) mass is 340 g/mol. The molecule has 0 spiro atoms. The Balaban J connectivity index is 1.70. The summed E-state index contributed by atoms with van der Waals surface area (Å²) in [5.74, 6) is 0.636. The first kappa shape index (κ1) is 17.2. The van der Waals surface area contributed by atoms with E-state index in [-0.39, 0.29) is 23.8 Å². The molecular weight excluding hydrogens is 320 g/mol. The lowest BCUT2D eigenvalue weighted by Crippen LogP contribution is -2.36. The molecule has 1 N–H and O–H groups in total. The normalized spacial score (nSPS) is 18.1. The molecule has 0 saturated carbocycles. The number of hydrogen-bond acceptors (Lipinski definition) is 3. The van der Waals surface area contributed by atoms with Crippen LogP contribution in [0.4, 0.5) is 0 Å². The lowest BCUT2D eigenvalue weighted by atomic mass is 10.1. The van der Waals surface area contributed by atoms with Crippen molar-refractivity contribution < 1.29 is 9.59 Å². The van der Waals surface area contributed by atoms with E-state index in [0.717, 1.165) is 15.7 Å². The summed E-state index contributed by atoms with van der Waals surface area (Å²) in [5.41, 5.74) is 0. The Morgan fingerprint density at radius 1 is 1.41 bits per heavy atom. The molecule has 6 heteroatoms.